The minimum atomic E-state index is -3.92. The summed E-state index contributed by atoms with van der Waals surface area (Å²) >= 11 is 0. The number of hydrogen-bond acceptors (Lipinski definition) is 6. The quantitative estimate of drug-likeness (QED) is 0.643. The molecule has 0 radical (unpaired) electrons. The summed E-state index contributed by atoms with van der Waals surface area (Å²) in [6.07, 6.45) is 0.176. The van der Waals surface area contributed by atoms with Crippen LogP contribution < -0.4 is 19.1 Å². The molecule has 160 valence electrons. The van der Waals surface area contributed by atoms with Crippen LogP contribution in [0.1, 0.15) is 25.3 Å². The molecule has 1 N–H and O–H groups in total. The van der Waals surface area contributed by atoms with E-state index >= 15 is 0 Å². The Labute approximate surface area is 175 Å². The summed E-state index contributed by atoms with van der Waals surface area (Å²) in [4.78, 5) is 25.1. The van der Waals surface area contributed by atoms with E-state index < -0.39 is 16.1 Å². The molecule has 0 unspecified atom stereocenters. The third-order valence-electron chi connectivity index (χ3n) is 4.63. The Kier molecular flexibility index (Phi) is 6.42. The lowest BCUT2D eigenvalue weighted by Crippen LogP contribution is -2.37. The molecule has 1 aliphatic heterocycles. The number of benzene rings is 2. The number of anilines is 1. The summed E-state index contributed by atoms with van der Waals surface area (Å²) in [5.41, 5.74) is 1.22. The van der Waals surface area contributed by atoms with Crippen molar-refractivity contribution in [2.45, 2.75) is 37.6 Å². The smallest absolute Gasteiger partial charge is 0.241 e. The van der Waals surface area contributed by atoms with Crippen molar-refractivity contribution in [1.29, 1.82) is 0 Å². The first-order valence-electron chi connectivity index (χ1n) is 9.47. The fourth-order valence-electron chi connectivity index (χ4n) is 3.08. The average molecular weight is 432 g/mol. The first-order chi connectivity index (χ1) is 14.2. The Bertz CT molecular complexity index is 1030. The highest BCUT2D eigenvalue weighted by Crippen LogP contribution is 2.34. The molecule has 0 bridgehead atoms. The van der Waals surface area contributed by atoms with E-state index in [2.05, 4.69) is 4.72 Å². The first kappa shape index (κ1) is 21.8. The number of aryl methyl sites for hydroxylation is 1. The molecule has 0 aromatic heterocycles. The Balaban J connectivity index is 1.76. The Hall–Kier alpha value is -2.91. The molecule has 1 heterocycles. The molecule has 1 fully saturated rings. The summed E-state index contributed by atoms with van der Waals surface area (Å²) in [5, 5.41) is 0. The number of ether oxygens (including phenoxy) is 2. The van der Waals surface area contributed by atoms with Gasteiger partial charge in [-0.1, -0.05) is 17.7 Å². The van der Waals surface area contributed by atoms with Crippen LogP contribution in [0.15, 0.2) is 47.4 Å². The first-order valence-corrected chi connectivity index (χ1v) is 10.9. The number of carbonyl (C=O) groups is 2. The molecule has 0 spiro atoms. The minimum absolute atomic E-state index is 0.0759. The van der Waals surface area contributed by atoms with Crippen molar-refractivity contribution < 1.29 is 27.5 Å². The predicted molar refractivity (Wildman–Crippen MR) is 111 cm³/mol. The van der Waals surface area contributed by atoms with E-state index in [-0.39, 0.29) is 47.6 Å². The molecule has 8 nitrogen and oxygen atoms in total. The summed E-state index contributed by atoms with van der Waals surface area (Å²) in [6.45, 7) is 3.78. The van der Waals surface area contributed by atoms with Crippen molar-refractivity contribution in [2.75, 3.05) is 18.6 Å². The number of sulfonamides is 1. The van der Waals surface area contributed by atoms with Crippen LogP contribution in [0.2, 0.25) is 0 Å². The fourth-order valence-corrected chi connectivity index (χ4v) is 4.33. The summed E-state index contributed by atoms with van der Waals surface area (Å²) in [7, 11) is -2.53. The molecule has 2 amide bonds. The van der Waals surface area contributed by atoms with Crippen molar-refractivity contribution in [3.63, 3.8) is 0 Å². The Morgan fingerprint density at radius 1 is 1.07 bits per heavy atom. The van der Waals surface area contributed by atoms with Gasteiger partial charge in [0.1, 0.15) is 18.1 Å². The monoisotopic (exact) mass is 432 g/mol. The van der Waals surface area contributed by atoms with E-state index in [1.54, 1.807) is 6.92 Å². The lowest BCUT2D eigenvalue weighted by Gasteiger charge is -2.19. The van der Waals surface area contributed by atoms with E-state index in [9.17, 15) is 18.0 Å². The van der Waals surface area contributed by atoms with E-state index in [4.69, 9.17) is 9.47 Å². The molecular formula is C21H24N2O6S. The number of imide groups is 1. The van der Waals surface area contributed by atoms with Gasteiger partial charge in [-0.15, -0.1) is 0 Å². The third-order valence-corrected chi connectivity index (χ3v) is 6.22. The highest BCUT2D eigenvalue weighted by molar-refractivity contribution is 7.89. The minimum Gasteiger partial charge on any atom is -0.495 e. The fraction of sp³-hybridized carbons (Fsp3) is 0.333. The molecule has 1 atom stereocenters. The number of amides is 2. The molecule has 1 saturated heterocycles. The van der Waals surface area contributed by atoms with Gasteiger partial charge in [0.15, 0.2) is 0 Å². The Morgan fingerprint density at radius 3 is 2.30 bits per heavy atom. The lowest BCUT2D eigenvalue weighted by molar-refractivity contribution is -0.121. The molecule has 3 rings (SSSR count). The molecular weight excluding hydrogens is 408 g/mol. The number of methoxy groups -OCH3 is 1. The van der Waals surface area contributed by atoms with Gasteiger partial charge in [0.05, 0.1) is 23.7 Å². The summed E-state index contributed by atoms with van der Waals surface area (Å²) < 4.78 is 39.1. The second-order valence-electron chi connectivity index (χ2n) is 7.10. The maximum Gasteiger partial charge on any atom is 0.241 e. The van der Waals surface area contributed by atoms with Crippen LogP contribution in [0.3, 0.4) is 0 Å². The third kappa shape index (κ3) is 4.80. The second-order valence-corrected chi connectivity index (χ2v) is 8.82. The van der Waals surface area contributed by atoms with Crippen molar-refractivity contribution in [3.8, 4) is 11.5 Å². The van der Waals surface area contributed by atoms with Crippen LogP contribution in [0.4, 0.5) is 5.69 Å². The van der Waals surface area contributed by atoms with Crippen molar-refractivity contribution >= 4 is 27.5 Å². The molecule has 2 aromatic rings. The molecule has 2 aromatic carbocycles. The van der Waals surface area contributed by atoms with Gasteiger partial charge in [0.2, 0.25) is 21.8 Å². The van der Waals surface area contributed by atoms with Gasteiger partial charge in [-0.3, -0.25) is 9.59 Å². The zero-order valence-corrected chi connectivity index (χ0v) is 17.9. The van der Waals surface area contributed by atoms with Crippen LogP contribution in [-0.2, 0) is 19.6 Å². The van der Waals surface area contributed by atoms with Crippen LogP contribution in [0, 0.1) is 6.92 Å². The largest absolute Gasteiger partial charge is 0.495 e. The number of rotatable bonds is 8. The zero-order chi connectivity index (χ0) is 21.9. The number of nitrogens with one attached hydrogen (secondary N) is 1. The highest BCUT2D eigenvalue weighted by atomic mass is 32.2. The maximum atomic E-state index is 12.8. The second kappa shape index (κ2) is 8.85. The molecule has 9 heteroatoms. The maximum absolute atomic E-state index is 12.8. The van der Waals surface area contributed by atoms with Gasteiger partial charge >= 0.3 is 0 Å². The zero-order valence-electron chi connectivity index (χ0n) is 17.0. The normalized spacial score (nSPS) is 15.4. The van der Waals surface area contributed by atoms with Crippen LogP contribution >= 0.6 is 0 Å². The van der Waals surface area contributed by atoms with Gasteiger partial charge in [-0.2, -0.15) is 0 Å². The molecule has 1 aliphatic rings. The lowest BCUT2D eigenvalue weighted by atomic mass is 10.2. The van der Waals surface area contributed by atoms with Crippen LogP contribution in [0.25, 0.3) is 0 Å². The van der Waals surface area contributed by atoms with E-state index in [0.29, 0.717) is 5.75 Å². The highest BCUT2D eigenvalue weighted by Gasteiger charge is 2.33. The van der Waals surface area contributed by atoms with Crippen molar-refractivity contribution in [2.24, 2.45) is 0 Å². The van der Waals surface area contributed by atoms with Gasteiger partial charge < -0.3 is 9.47 Å². The van der Waals surface area contributed by atoms with Crippen LogP contribution in [-0.4, -0.2) is 40.0 Å². The predicted octanol–water partition coefficient (Wildman–Crippen LogP) is 2.40. The Morgan fingerprint density at radius 2 is 1.70 bits per heavy atom. The van der Waals surface area contributed by atoms with E-state index in [1.165, 1.54) is 25.3 Å². The van der Waals surface area contributed by atoms with Crippen molar-refractivity contribution in [3.05, 3.63) is 48.0 Å². The van der Waals surface area contributed by atoms with Gasteiger partial charge in [0.25, 0.3) is 0 Å². The van der Waals surface area contributed by atoms with E-state index in [0.717, 1.165) is 10.5 Å². The molecule has 30 heavy (non-hydrogen) atoms. The standard InChI is InChI=1S/C21H24N2O6S/c1-14-4-6-16(7-5-14)29-13-15(2)22-30(26,27)17-8-9-19(28-3)18(12-17)23-20(24)10-11-21(23)25/h4-9,12,15,22H,10-11,13H2,1-3H3/t15-/m0/s1. The topological polar surface area (TPSA) is 102 Å². The summed E-state index contributed by atoms with van der Waals surface area (Å²) in [5.74, 6) is 0.110. The average Bonchev–Trinajstić information content (AvgIpc) is 3.04. The number of hydrogen-bond donors (Lipinski definition) is 1. The van der Waals surface area contributed by atoms with Crippen molar-refractivity contribution in [1.82, 2.24) is 4.72 Å². The summed E-state index contributed by atoms with van der Waals surface area (Å²) in [6, 6.07) is 11.0. The van der Waals surface area contributed by atoms with E-state index in [1.807, 2.05) is 31.2 Å². The number of nitrogens with zero attached hydrogens (tertiary/aromatic N) is 1. The van der Waals surface area contributed by atoms with Gasteiger partial charge in [-0.25, -0.2) is 18.0 Å². The molecule has 0 aliphatic carbocycles. The SMILES string of the molecule is COc1ccc(S(=O)(=O)N[C@@H](C)COc2ccc(C)cc2)cc1N1C(=O)CCC1=O. The number of carbonyl (C=O) groups excluding carboxylic acids is 2. The van der Waals surface area contributed by atoms with Gasteiger partial charge in [0, 0.05) is 12.8 Å². The van der Waals surface area contributed by atoms with Crippen LogP contribution in [0.5, 0.6) is 11.5 Å². The molecule has 0 saturated carbocycles. The van der Waals surface area contributed by atoms with Gasteiger partial charge in [-0.05, 0) is 44.2 Å².